The molecule has 9 heteroatoms. The van der Waals surface area contributed by atoms with E-state index in [9.17, 15) is 9.18 Å². The third-order valence-corrected chi connectivity index (χ3v) is 5.30. The molecule has 0 atom stereocenters. The average molecular weight is 463 g/mol. The van der Waals surface area contributed by atoms with E-state index >= 15 is 0 Å². The number of hydrogen-bond donors (Lipinski definition) is 1. The van der Waals surface area contributed by atoms with Crippen molar-refractivity contribution in [2.45, 2.75) is 6.61 Å². The van der Waals surface area contributed by atoms with Crippen LogP contribution in [0.25, 0.3) is 6.08 Å². The third-order valence-electron chi connectivity index (χ3n) is 4.22. The molecule has 3 aromatic rings. The largest absolute Gasteiger partial charge is 0.484 e. The number of carbonyl (C=O) groups is 1. The van der Waals surface area contributed by atoms with E-state index in [2.05, 4.69) is 5.32 Å². The first-order valence-corrected chi connectivity index (χ1v) is 9.87. The molecule has 1 fully saturated rings. The van der Waals surface area contributed by atoms with Gasteiger partial charge in [0.15, 0.2) is 5.11 Å². The maximum absolute atomic E-state index is 13.1. The molecule has 1 aliphatic rings. The van der Waals surface area contributed by atoms with Crippen molar-refractivity contribution in [3.05, 3.63) is 87.7 Å². The number of ether oxygens (including phenoxy) is 1. The predicted molar refractivity (Wildman–Crippen MR) is 117 cm³/mol. The van der Waals surface area contributed by atoms with Gasteiger partial charge in [-0.1, -0.05) is 29.3 Å². The van der Waals surface area contributed by atoms with Gasteiger partial charge in [0.25, 0.3) is 5.91 Å². The zero-order valence-corrected chi connectivity index (χ0v) is 17.5. The molecule has 152 valence electrons. The van der Waals surface area contributed by atoms with E-state index in [4.69, 9.17) is 44.6 Å². The van der Waals surface area contributed by atoms with Crippen LogP contribution in [-0.4, -0.2) is 11.0 Å². The molecule has 0 unspecified atom stereocenters. The van der Waals surface area contributed by atoms with Crippen LogP contribution >= 0.6 is 35.4 Å². The molecule has 1 saturated heterocycles. The first-order valence-electron chi connectivity index (χ1n) is 8.70. The fourth-order valence-electron chi connectivity index (χ4n) is 2.80. The number of hydrogen-bond acceptors (Lipinski definition) is 4. The Kier molecular flexibility index (Phi) is 5.76. The molecule has 4 rings (SSSR count). The standard InChI is InChI=1S/C21H13Cl2FN2O3S/c22-16-2-1-3-18(19(16)23)28-11-15-9-8-14(29-15)10-17-20(27)26(21(30)25-17)13-6-4-12(24)5-7-13/h1-10H,11H2,(H,25,30)/b17-10+. The van der Waals surface area contributed by atoms with E-state index in [-0.39, 0.29) is 23.3 Å². The molecular weight excluding hydrogens is 450 g/mol. The Morgan fingerprint density at radius 3 is 2.67 bits per heavy atom. The highest BCUT2D eigenvalue weighted by atomic mass is 35.5. The quantitative estimate of drug-likeness (QED) is 0.396. The van der Waals surface area contributed by atoms with Crippen molar-refractivity contribution in [3.63, 3.8) is 0 Å². The lowest BCUT2D eigenvalue weighted by molar-refractivity contribution is -0.113. The monoisotopic (exact) mass is 462 g/mol. The second kappa shape index (κ2) is 8.47. The normalized spacial score (nSPS) is 15.0. The molecular formula is C21H13Cl2FN2O3S. The Balaban J connectivity index is 1.47. The van der Waals surface area contributed by atoms with Crippen molar-refractivity contribution in [2.24, 2.45) is 0 Å². The number of halogens is 3. The number of anilines is 1. The molecule has 0 saturated carbocycles. The number of thiocarbonyl (C=S) groups is 1. The summed E-state index contributed by atoms with van der Waals surface area (Å²) in [7, 11) is 0. The molecule has 0 spiro atoms. The molecule has 2 aromatic carbocycles. The molecule has 30 heavy (non-hydrogen) atoms. The van der Waals surface area contributed by atoms with Gasteiger partial charge in [-0.15, -0.1) is 0 Å². The highest BCUT2D eigenvalue weighted by Gasteiger charge is 2.32. The fraction of sp³-hybridized carbons (Fsp3) is 0.0476. The second-order valence-electron chi connectivity index (χ2n) is 6.25. The Morgan fingerprint density at radius 2 is 1.90 bits per heavy atom. The van der Waals surface area contributed by atoms with E-state index < -0.39 is 5.82 Å². The molecule has 1 aromatic heterocycles. The Hall–Kier alpha value is -2.87. The third kappa shape index (κ3) is 4.18. The summed E-state index contributed by atoms with van der Waals surface area (Å²) < 4.78 is 24.5. The van der Waals surface area contributed by atoms with Gasteiger partial charge in [-0.3, -0.25) is 9.69 Å². The van der Waals surface area contributed by atoms with Crippen LogP contribution in [0.1, 0.15) is 11.5 Å². The number of nitrogens with zero attached hydrogens (tertiary/aromatic N) is 1. The SMILES string of the molecule is O=C1/C(=C\c2ccc(COc3cccc(Cl)c3Cl)o2)NC(=S)N1c1ccc(F)cc1. The molecule has 1 N–H and O–H groups in total. The molecule has 0 radical (unpaired) electrons. The number of amides is 1. The highest BCUT2D eigenvalue weighted by Crippen LogP contribution is 2.32. The summed E-state index contributed by atoms with van der Waals surface area (Å²) in [6.45, 7) is 0.130. The first-order chi connectivity index (χ1) is 14.4. The van der Waals surface area contributed by atoms with E-state index in [1.54, 1.807) is 30.3 Å². The lowest BCUT2D eigenvalue weighted by Crippen LogP contribution is -2.30. The molecule has 2 heterocycles. The van der Waals surface area contributed by atoms with Crippen LogP contribution in [0, 0.1) is 5.82 Å². The van der Waals surface area contributed by atoms with Gasteiger partial charge in [0.1, 0.15) is 40.4 Å². The molecule has 0 aliphatic carbocycles. The van der Waals surface area contributed by atoms with Crippen molar-refractivity contribution in [3.8, 4) is 5.75 Å². The van der Waals surface area contributed by atoms with Crippen LogP contribution in [0.2, 0.25) is 10.0 Å². The number of carbonyl (C=O) groups excluding carboxylic acids is 1. The smallest absolute Gasteiger partial charge is 0.281 e. The minimum Gasteiger partial charge on any atom is -0.484 e. The number of rotatable bonds is 5. The van der Waals surface area contributed by atoms with Crippen molar-refractivity contribution in [1.82, 2.24) is 5.32 Å². The Labute approximate surface area is 186 Å². The zero-order chi connectivity index (χ0) is 21.3. The van der Waals surface area contributed by atoms with Crippen molar-refractivity contribution >= 4 is 58.2 Å². The summed E-state index contributed by atoms with van der Waals surface area (Å²) in [4.78, 5) is 14.0. The Morgan fingerprint density at radius 1 is 1.13 bits per heavy atom. The maximum Gasteiger partial charge on any atom is 0.281 e. The predicted octanol–water partition coefficient (Wildman–Crippen LogP) is 5.57. The van der Waals surface area contributed by atoms with E-state index in [1.165, 1.54) is 35.2 Å². The lowest BCUT2D eigenvalue weighted by atomic mass is 10.2. The average Bonchev–Trinajstić information content (AvgIpc) is 3.28. The van der Waals surface area contributed by atoms with E-state index in [0.717, 1.165) is 0 Å². The fourth-order valence-corrected chi connectivity index (χ4v) is 3.44. The first kappa shape index (κ1) is 20.4. The van der Waals surface area contributed by atoms with Crippen LogP contribution < -0.4 is 15.0 Å². The van der Waals surface area contributed by atoms with Gasteiger partial charge in [0.2, 0.25) is 0 Å². The van der Waals surface area contributed by atoms with Gasteiger partial charge in [-0.2, -0.15) is 0 Å². The minimum atomic E-state index is -0.399. The van der Waals surface area contributed by atoms with Gasteiger partial charge >= 0.3 is 0 Å². The van der Waals surface area contributed by atoms with Gasteiger partial charge in [0, 0.05) is 6.08 Å². The summed E-state index contributed by atoms with van der Waals surface area (Å²) in [5.74, 6) is 0.635. The van der Waals surface area contributed by atoms with Crippen molar-refractivity contribution in [2.75, 3.05) is 4.90 Å². The summed E-state index contributed by atoms with van der Waals surface area (Å²) in [6, 6.07) is 14.0. The van der Waals surface area contributed by atoms with Gasteiger partial charge < -0.3 is 14.5 Å². The van der Waals surface area contributed by atoms with E-state index in [0.29, 0.717) is 33.0 Å². The topological polar surface area (TPSA) is 54.7 Å². The van der Waals surface area contributed by atoms with Crippen LogP contribution in [0.15, 0.2) is 64.7 Å². The number of benzene rings is 2. The van der Waals surface area contributed by atoms with Gasteiger partial charge in [0.05, 0.1) is 10.7 Å². The van der Waals surface area contributed by atoms with Gasteiger partial charge in [-0.25, -0.2) is 4.39 Å². The van der Waals surface area contributed by atoms with Crippen molar-refractivity contribution in [1.29, 1.82) is 0 Å². The number of furan rings is 1. The van der Waals surface area contributed by atoms with Crippen LogP contribution in [0.3, 0.4) is 0 Å². The molecule has 5 nitrogen and oxygen atoms in total. The Bertz CT molecular complexity index is 1160. The van der Waals surface area contributed by atoms with Crippen molar-refractivity contribution < 1.29 is 18.3 Å². The summed E-state index contributed by atoms with van der Waals surface area (Å²) in [6.07, 6.45) is 1.54. The van der Waals surface area contributed by atoms with E-state index in [1.807, 2.05) is 0 Å². The minimum absolute atomic E-state index is 0.130. The highest BCUT2D eigenvalue weighted by molar-refractivity contribution is 7.80. The summed E-state index contributed by atoms with van der Waals surface area (Å²) >= 11 is 17.3. The summed E-state index contributed by atoms with van der Waals surface area (Å²) in [5, 5.41) is 3.76. The van der Waals surface area contributed by atoms with Crippen LogP contribution in [-0.2, 0) is 11.4 Å². The molecule has 1 amide bonds. The molecule has 0 bridgehead atoms. The van der Waals surface area contributed by atoms with Gasteiger partial charge in [-0.05, 0) is 60.7 Å². The van der Waals surface area contributed by atoms with Crippen LogP contribution in [0.5, 0.6) is 5.75 Å². The summed E-state index contributed by atoms with van der Waals surface area (Å²) in [5.41, 5.74) is 0.707. The number of nitrogens with one attached hydrogen (secondary N) is 1. The van der Waals surface area contributed by atoms with Crippen LogP contribution in [0.4, 0.5) is 10.1 Å². The lowest BCUT2D eigenvalue weighted by Gasteiger charge is -2.13. The zero-order valence-electron chi connectivity index (χ0n) is 15.2. The molecule has 1 aliphatic heterocycles. The second-order valence-corrected chi connectivity index (χ2v) is 7.42. The maximum atomic E-state index is 13.1.